The van der Waals surface area contributed by atoms with Crippen LogP contribution in [0.15, 0.2) is 24.5 Å². The molecule has 5 heteroatoms. The number of hydrogen-bond acceptors (Lipinski definition) is 3. The Balaban J connectivity index is 2.13. The van der Waals surface area contributed by atoms with Gasteiger partial charge in [0.2, 0.25) is 0 Å². The fraction of sp³-hybridized carbons (Fsp3) is 0.364. The Morgan fingerprint density at radius 1 is 1.31 bits per heavy atom. The van der Waals surface area contributed by atoms with Crippen molar-refractivity contribution in [1.82, 2.24) is 20.0 Å². The predicted molar refractivity (Wildman–Crippen MR) is 61.1 cm³/mol. The minimum absolute atomic E-state index is 0.393. The van der Waals surface area contributed by atoms with E-state index in [2.05, 4.69) is 15.3 Å². The number of alkyl halides is 1. The summed E-state index contributed by atoms with van der Waals surface area (Å²) in [6, 6.07) is 4.44. The first-order chi connectivity index (χ1) is 7.90. The molecule has 1 aliphatic carbocycles. The van der Waals surface area contributed by atoms with Crippen molar-refractivity contribution in [2.45, 2.75) is 24.8 Å². The van der Waals surface area contributed by atoms with Crippen molar-refractivity contribution in [3.05, 3.63) is 30.2 Å². The molecule has 4 nitrogen and oxygen atoms in total. The summed E-state index contributed by atoms with van der Waals surface area (Å²) in [6.07, 6.45) is 5.92. The van der Waals surface area contributed by atoms with Crippen molar-refractivity contribution < 1.29 is 0 Å². The van der Waals surface area contributed by atoms with Gasteiger partial charge in [-0.15, -0.1) is 16.7 Å². The van der Waals surface area contributed by atoms with Crippen molar-refractivity contribution in [2.75, 3.05) is 0 Å². The summed E-state index contributed by atoms with van der Waals surface area (Å²) in [5.74, 6) is 0.393. The van der Waals surface area contributed by atoms with E-state index in [1.54, 1.807) is 12.4 Å². The Morgan fingerprint density at radius 2 is 2.06 bits per heavy atom. The number of pyridine rings is 1. The zero-order valence-corrected chi connectivity index (χ0v) is 9.43. The quantitative estimate of drug-likeness (QED) is 0.766. The van der Waals surface area contributed by atoms with Gasteiger partial charge in [-0.1, -0.05) is 5.21 Å². The molecule has 0 atom stereocenters. The number of hydrogen-bond donors (Lipinski definition) is 0. The van der Waals surface area contributed by atoms with E-state index in [-0.39, 0.29) is 0 Å². The van der Waals surface area contributed by atoms with Crippen LogP contribution in [0.25, 0.3) is 11.3 Å². The summed E-state index contributed by atoms with van der Waals surface area (Å²) in [6.45, 7) is 0. The normalized spacial score (nSPS) is 15.3. The smallest absolute Gasteiger partial charge is 0.105 e. The van der Waals surface area contributed by atoms with Crippen molar-refractivity contribution in [3.8, 4) is 11.3 Å². The summed E-state index contributed by atoms with van der Waals surface area (Å²) in [4.78, 5) is 4.02. The van der Waals surface area contributed by atoms with Crippen LogP contribution in [0.2, 0.25) is 0 Å². The Kier molecular flexibility index (Phi) is 2.36. The Labute approximate surface area is 98.3 Å². The number of aromatic nitrogens is 4. The molecule has 0 radical (unpaired) electrons. The average Bonchev–Trinajstić information content (AvgIpc) is 3.09. The second kappa shape index (κ2) is 3.87. The number of halogens is 1. The predicted octanol–water partition coefficient (Wildman–Crippen LogP) is 2.41. The maximum absolute atomic E-state index is 5.89. The molecular formula is C11H11ClN4. The van der Waals surface area contributed by atoms with Gasteiger partial charge in [0.15, 0.2) is 0 Å². The molecule has 3 rings (SSSR count). The van der Waals surface area contributed by atoms with Crippen LogP contribution < -0.4 is 0 Å². The highest BCUT2D eigenvalue weighted by Crippen LogP contribution is 2.38. The van der Waals surface area contributed by atoms with Gasteiger partial charge in [0.05, 0.1) is 17.6 Å². The van der Waals surface area contributed by atoms with Crippen molar-refractivity contribution in [1.29, 1.82) is 0 Å². The van der Waals surface area contributed by atoms with Crippen LogP contribution in [0.1, 0.15) is 24.6 Å². The van der Waals surface area contributed by atoms with E-state index < -0.39 is 0 Å². The third-order valence-electron chi connectivity index (χ3n) is 2.74. The zero-order valence-electron chi connectivity index (χ0n) is 8.67. The molecule has 0 amide bonds. The molecule has 82 valence electrons. The molecule has 0 N–H and O–H groups in total. The molecule has 2 heterocycles. The molecule has 2 aromatic rings. The topological polar surface area (TPSA) is 43.6 Å². The minimum atomic E-state index is 0.393. The highest BCUT2D eigenvalue weighted by molar-refractivity contribution is 6.17. The van der Waals surface area contributed by atoms with Gasteiger partial charge in [-0.3, -0.25) is 4.98 Å². The zero-order chi connectivity index (χ0) is 11.0. The SMILES string of the molecule is ClCc1nnn(C2CC2)c1-c1ccncc1. The molecule has 0 bridgehead atoms. The van der Waals surface area contributed by atoms with Gasteiger partial charge in [-0.05, 0) is 25.0 Å². The van der Waals surface area contributed by atoms with Gasteiger partial charge in [0.1, 0.15) is 5.69 Å². The lowest BCUT2D eigenvalue weighted by atomic mass is 10.1. The van der Waals surface area contributed by atoms with Crippen LogP contribution in [-0.4, -0.2) is 20.0 Å². The van der Waals surface area contributed by atoms with Gasteiger partial charge in [0.25, 0.3) is 0 Å². The van der Waals surface area contributed by atoms with Gasteiger partial charge in [-0.2, -0.15) is 0 Å². The number of nitrogens with zero attached hydrogens (tertiary/aromatic N) is 4. The fourth-order valence-corrected chi connectivity index (χ4v) is 1.98. The molecule has 0 spiro atoms. The minimum Gasteiger partial charge on any atom is -0.265 e. The van der Waals surface area contributed by atoms with E-state index in [1.807, 2.05) is 16.8 Å². The highest BCUT2D eigenvalue weighted by atomic mass is 35.5. The molecule has 1 fully saturated rings. The lowest BCUT2D eigenvalue weighted by molar-refractivity contribution is 0.616. The van der Waals surface area contributed by atoms with Crippen LogP contribution in [0, 0.1) is 0 Å². The standard InChI is InChI=1S/C11H11ClN4/c12-7-10-11(8-3-5-13-6-4-8)16(15-14-10)9-1-2-9/h3-6,9H,1-2,7H2. The molecule has 0 aromatic carbocycles. The molecule has 0 aliphatic heterocycles. The first-order valence-corrected chi connectivity index (χ1v) is 5.84. The third kappa shape index (κ3) is 1.59. The summed E-state index contributed by atoms with van der Waals surface area (Å²) in [7, 11) is 0. The van der Waals surface area contributed by atoms with Gasteiger partial charge >= 0.3 is 0 Å². The Morgan fingerprint density at radius 3 is 2.69 bits per heavy atom. The second-order valence-electron chi connectivity index (χ2n) is 3.93. The maximum atomic E-state index is 5.89. The van der Waals surface area contributed by atoms with Crippen LogP contribution in [-0.2, 0) is 5.88 Å². The fourth-order valence-electron chi connectivity index (χ4n) is 1.80. The molecule has 2 aromatic heterocycles. The molecule has 0 saturated heterocycles. The van der Waals surface area contributed by atoms with Crippen molar-refractivity contribution in [2.24, 2.45) is 0 Å². The van der Waals surface area contributed by atoms with Crippen LogP contribution in [0.5, 0.6) is 0 Å². The van der Waals surface area contributed by atoms with E-state index in [1.165, 1.54) is 12.8 Å². The van der Waals surface area contributed by atoms with Gasteiger partial charge in [0, 0.05) is 18.0 Å². The first-order valence-electron chi connectivity index (χ1n) is 5.30. The van der Waals surface area contributed by atoms with E-state index >= 15 is 0 Å². The second-order valence-corrected chi connectivity index (χ2v) is 4.20. The van der Waals surface area contributed by atoms with E-state index in [9.17, 15) is 0 Å². The van der Waals surface area contributed by atoms with Crippen LogP contribution >= 0.6 is 11.6 Å². The van der Waals surface area contributed by atoms with E-state index in [0.717, 1.165) is 17.0 Å². The molecular weight excluding hydrogens is 224 g/mol. The lowest BCUT2D eigenvalue weighted by Crippen LogP contribution is -1.99. The van der Waals surface area contributed by atoms with Gasteiger partial charge in [-0.25, -0.2) is 4.68 Å². The van der Waals surface area contributed by atoms with Gasteiger partial charge < -0.3 is 0 Å². The molecule has 16 heavy (non-hydrogen) atoms. The monoisotopic (exact) mass is 234 g/mol. The summed E-state index contributed by atoms with van der Waals surface area (Å²) in [5, 5.41) is 8.32. The van der Waals surface area contributed by atoms with Crippen molar-refractivity contribution >= 4 is 11.6 Å². The molecule has 1 saturated carbocycles. The molecule has 1 aliphatic rings. The van der Waals surface area contributed by atoms with Crippen LogP contribution in [0.4, 0.5) is 0 Å². The third-order valence-corrected chi connectivity index (χ3v) is 2.99. The van der Waals surface area contributed by atoms with E-state index in [0.29, 0.717) is 11.9 Å². The number of rotatable bonds is 3. The first kappa shape index (κ1) is 9.78. The van der Waals surface area contributed by atoms with Crippen molar-refractivity contribution in [3.63, 3.8) is 0 Å². The van der Waals surface area contributed by atoms with E-state index in [4.69, 9.17) is 11.6 Å². The maximum Gasteiger partial charge on any atom is 0.105 e. The lowest BCUT2D eigenvalue weighted by Gasteiger charge is -2.05. The largest absolute Gasteiger partial charge is 0.265 e. The summed E-state index contributed by atoms with van der Waals surface area (Å²) < 4.78 is 1.99. The Hall–Kier alpha value is -1.42. The summed E-state index contributed by atoms with van der Waals surface area (Å²) >= 11 is 5.89. The molecule has 0 unspecified atom stereocenters. The highest BCUT2D eigenvalue weighted by Gasteiger charge is 2.29. The average molecular weight is 235 g/mol. The van der Waals surface area contributed by atoms with Crippen LogP contribution in [0.3, 0.4) is 0 Å². The summed E-state index contributed by atoms with van der Waals surface area (Å²) in [5.41, 5.74) is 2.97. The Bertz CT molecular complexity index is 490.